The van der Waals surface area contributed by atoms with E-state index in [0.717, 1.165) is 13.0 Å². The van der Waals surface area contributed by atoms with Crippen LogP contribution in [0.5, 0.6) is 0 Å². The van der Waals surface area contributed by atoms with Crippen molar-refractivity contribution in [3.8, 4) is 0 Å². The molecule has 0 N–H and O–H groups in total. The molecule has 1 amide bonds. The van der Waals surface area contributed by atoms with E-state index in [0.29, 0.717) is 6.42 Å². The Balaban J connectivity index is 2.63. The maximum absolute atomic E-state index is 11.7. The van der Waals surface area contributed by atoms with Crippen molar-refractivity contribution in [2.45, 2.75) is 39.2 Å². The van der Waals surface area contributed by atoms with Crippen LogP contribution >= 0.6 is 0 Å². The predicted octanol–water partition coefficient (Wildman–Crippen LogP) is 1.20. The van der Waals surface area contributed by atoms with Crippen molar-refractivity contribution in [2.24, 2.45) is 5.92 Å². The molecule has 1 unspecified atom stereocenters. The van der Waals surface area contributed by atoms with Crippen molar-refractivity contribution in [1.82, 2.24) is 4.90 Å². The van der Waals surface area contributed by atoms with Gasteiger partial charge in [-0.25, -0.2) is 0 Å². The zero-order chi connectivity index (χ0) is 11.6. The highest BCUT2D eigenvalue weighted by Crippen LogP contribution is 2.20. The van der Waals surface area contributed by atoms with E-state index in [1.54, 1.807) is 11.9 Å². The van der Waals surface area contributed by atoms with Gasteiger partial charge in [0.25, 0.3) is 0 Å². The third kappa shape index (κ3) is 3.22. The fourth-order valence-electron chi connectivity index (χ4n) is 1.62. The number of rotatable bonds is 1. The minimum Gasteiger partial charge on any atom is -0.459 e. The van der Waals surface area contributed by atoms with Gasteiger partial charge in [0, 0.05) is 13.6 Å². The Morgan fingerprint density at radius 1 is 1.47 bits per heavy atom. The van der Waals surface area contributed by atoms with Gasteiger partial charge in [0.15, 0.2) is 0 Å². The summed E-state index contributed by atoms with van der Waals surface area (Å²) in [5.74, 6) is -1.10. The Morgan fingerprint density at radius 3 is 2.60 bits per heavy atom. The van der Waals surface area contributed by atoms with E-state index < -0.39 is 11.5 Å². The topological polar surface area (TPSA) is 46.6 Å². The summed E-state index contributed by atoms with van der Waals surface area (Å²) in [5, 5.41) is 0. The van der Waals surface area contributed by atoms with E-state index in [1.807, 2.05) is 20.8 Å². The number of piperidine rings is 1. The Morgan fingerprint density at radius 2 is 2.07 bits per heavy atom. The molecule has 1 aliphatic heterocycles. The smallest absolute Gasteiger partial charge is 0.319 e. The molecule has 1 aliphatic rings. The molecule has 0 aromatic heterocycles. The normalized spacial score (nSPS) is 22.8. The summed E-state index contributed by atoms with van der Waals surface area (Å²) < 4.78 is 5.21. The van der Waals surface area contributed by atoms with Gasteiger partial charge in [-0.1, -0.05) is 0 Å². The highest BCUT2D eigenvalue weighted by atomic mass is 16.6. The molecule has 0 aliphatic carbocycles. The molecule has 4 nitrogen and oxygen atoms in total. The second kappa shape index (κ2) is 4.21. The molecular weight excluding hydrogens is 194 g/mol. The van der Waals surface area contributed by atoms with E-state index in [1.165, 1.54) is 0 Å². The number of likely N-dealkylation sites (tertiary alicyclic amines) is 1. The lowest BCUT2D eigenvalue weighted by Crippen LogP contribution is -2.43. The first kappa shape index (κ1) is 12.0. The molecule has 1 fully saturated rings. The van der Waals surface area contributed by atoms with Crippen LogP contribution in [0, 0.1) is 5.92 Å². The highest BCUT2D eigenvalue weighted by molar-refractivity contribution is 5.98. The van der Waals surface area contributed by atoms with Gasteiger partial charge in [-0.05, 0) is 33.6 Å². The molecular formula is C11H19NO3. The molecule has 1 saturated heterocycles. The first-order valence-electron chi connectivity index (χ1n) is 5.29. The Labute approximate surface area is 90.6 Å². The zero-order valence-electron chi connectivity index (χ0n) is 9.87. The standard InChI is InChI=1S/C11H19NO3/c1-11(2,3)15-10(14)8-6-5-7-12(4)9(8)13/h8H,5-7H2,1-4H3. The molecule has 86 valence electrons. The molecule has 0 aromatic rings. The van der Waals surface area contributed by atoms with Crippen LogP contribution in [0.15, 0.2) is 0 Å². The number of nitrogens with zero attached hydrogens (tertiary/aromatic N) is 1. The molecule has 0 bridgehead atoms. The summed E-state index contributed by atoms with van der Waals surface area (Å²) in [6.07, 6.45) is 1.48. The van der Waals surface area contributed by atoms with Gasteiger partial charge in [0.05, 0.1) is 0 Å². The van der Waals surface area contributed by atoms with E-state index >= 15 is 0 Å². The van der Waals surface area contributed by atoms with Crippen LogP contribution in [0.2, 0.25) is 0 Å². The maximum Gasteiger partial charge on any atom is 0.319 e. The van der Waals surface area contributed by atoms with Crippen LogP contribution < -0.4 is 0 Å². The summed E-state index contributed by atoms with van der Waals surface area (Å²) in [4.78, 5) is 25.0. The molecule has 0 spiro atoms. The summed E-state index contributed by atoms with van der Waals surface area (Å²) in [7, 11) is 1.72. The van der Waals surface area contributed by atoms with Crippen LogP contribution in [-0.4, -0.2) is 36.0 Å². The van der Waals surface area contributed by atoms with Crippen molar-refractivity contribution in [1.29, 1.82) is 0 Å². The van der Waals surface area contributed by atoms with E-state index in [2.05, 4.69) is 0 Å². The first-order chi connectivity index (χ1) is 6.81. The molecule has 1 atom stereocenters. The van der Waals surface area contributed by atoms with Crippen LogP contribution in [-0.2, 0) is 14.3 Å². The number of ether oxygens (including phenoxy) is 1. The lowest BCUT2D eigenvalue weighted by atomic mass is 9.97. The average molecular weight is 213 g/mol. The summed E-state index contributed by atoms with van der Waals surface area (Å²) in [6, 6.07) is 0. The van der Waals surface area contributed by atoms with Crippen molar-refractivity contribution in [3.05, 3.63) is 0 Å². The van der Waals surface area contributed by atoms with Gasteiger partial charge in [0.2, 0.25) is 5.91 Å². The van der Waals surface area contributed by atoms with Gasteiger partial charge in [-0.2, -0.15) is 0 Å². The number of amides is 1. The van der Waals surface area contributed by atoms with Gasteiger partial charge >= 0.3 is 5.97 Å². The molecule has 0 saturated carbocycles. The summed E-state index contributed by atoms with van der Waals surface area (Å²) in [5.41, 5.74) is -0.520. The minimum atomic E-state index is -0.594. The fraction of sp³-hybridized carbons (Fsp3) is 0.818. The van der Waals surface area contributed by atoms with Crippen LogP contribution in [0.4, 0.5) is 0 Å². The average Bonchev–Trinajstić information content (AvgIpc) is 2.06. The highest BCUT2D eigenvalue weighted by Gasteiger charge is 2.35. The second-order valence-corrected chi connectivity index (χ2v) is 4.99. The zero-order valence-corrected chi connectivity index (χ0v) is 9.87. The van der Waals surface area contributed by atoms with Crippen LogP contribution in [0.25, 0.3) is 0 Å². The van der Waals surface area contributed by atoms with Crippen molar-refractivity contribution >= 4 is 11.9 Å². The number of hydrogen-bond donors (Lipinski definition) is 0. The quantitative estimate of drug-likeness (QED) is 0.485. The summed E-state index contributed by atoms with van der Waals surface area (Å²) >= 11 is 0. The maximum atomic E-state index is 11.7. The van der Waals surface area contributed by atoms with Crippen LogP contribution in [0.1, 0.15) is 33.6 Å². The number of esters is 1. The molecule has 1 heterocycles. The SMILES string of the molecule is CN1CCCC(C(=O)OC(C)(C)C)C1=O. The van der Waals surface area contributed by atoms with Crippen molar-refractivity contribution in [3.63, 3.8) is 0 Å². The lowest BCUT2D eigenvalue weighted by Gasteiger charge is -2.30. The lowest BCUT2D eigenvalue weighted by molar-refractivity contribution is -0.166. The van der Waals surface area contributed by atoms with Crippen LogP contribution in [0.3, 0.4) is 0 Å². The molecule has 1 rings (SSSR count). The molecule has 15 heavy (non-hydrogen) atoms. The Hall–Kier alpha value is -1.06. The second-order valence-electron chi connectivity index (χ2n) is 4.99. The third-order valence-electron chi connectivity index (χ3n) is 2.35. The molecule has 4 heteroatoms. The fourth-order valence-corrected chi connectivity index (χ4v) is 1.62. The monoisotopic (exact) mass is 213 g/mol. The molecule has 0 aromatic carbocycles. The van der Waals surface area contributed by atoms with E-state index in [9.17, 15) is 9.59 Å². The Bertz CT molecular complexity index is 267. The first-order valence-corrected chi connectivity index (χ1v) is 5.29. The van der Waals surface area contributed by atoms with Gasteiger partial charge in [-0.15, -0.1) is 0 Å². The van der Waals surface area contributed by atoms with Gasteiger partial charge in [0.1, 0.15) is 11.5 Å². The van der Waals surface area contributed by atoms with Crippen molar-refractivity contribution in [2.75, 3.05) is 13.6 Å². The largest absolute Gasteiger partial charge is 0.459 e. The molecule has 0 radical (unpaired) electrons. The van der Waals surface area contributed by atoms with Gasteiger partial charge < -0.3 is 9.64 Å². The minimum absolute atomic E-state index is 0.115. The van der Waals surface area contributed by atoms with Gasteiger partial charge in [-0.3, -0.25) is 9.59 Å². The predicted molar refractivity (Wildman–Crippen MR) is 56.2 cm³/mol. The number of carbonyl (C=O) groups excluding carboxylic acids is 2. The van der Waals surface area contributed by atoms with E-state index in [4.69, 9.17) is 4.74 Å². The summed E-state index contributed by atoms with van der Waals surface area (Å²) in [6.45, 7) is 6.16. The number of carbonyl (C=O) groups is 2. The van der Waals surface area contributed by atoms with E-state index in [-0.39, 0.29) is 11.9 Å². The Kier molecular flexibility index (Phi) is 3.37. The van der Waals surface area contributed by atoms with Crippen molar-refractivity contribution < 1.29 is 14.3 Å². The third-order valence-corrected chi connectivity index (χ3v) is 2.35. The number of hydrogen-bond acceptors (Lipinski definition) is 3.